The van der Waals surface area contributed by atoms with Crippen molar-refractivity contribution in [1.29, 1.82) is 0 Å². The molecule has 0 amide bonds. The normalized spacial score (nSPS) is 14.6. The van der Waals surface area contributed by atoms with E-state index in [1.807, 2.05) is 30.3 Å². The van der Waals surface area contributed by atoms with Crippen LogP contribution < -0.4 is 4.74 Å². The Hall–Kier alpha value is -3.45. The highest BCUT2D eigenvalue weighted by atomic mass is 79.9. The third-order valence-electron chi connectivity index (χ3n) is 4.03. The summed E-state index contributed by atoms with van der Waals surface area (Å²) in [5, 5.41) is 0. The van der Waals surface area contributed by atoms with Crippen molar-refractivity contribution in [3.05, 3.63) is 94.0 Å². The third kappa shape index (κ3) is 4.52. The molecule has 29 heavy (non-hydrogen) atoms. The topological polar surface area (TPSA) is 78.1 Å². The average molecular weight is 452 g/mol. The molecule has 1 aliphatic heterocycles. The van der Waals surface area contributed by atoms with Gasteiger partial charge in [-0.1, -0.05) is 46.3 Å². The first kappa shape index (κ1) is 18.9. The standard InChI is InChI=1S/C22H14BrNO5/c23-16-8-9-18(28-20(25)11-14-5-2-1-3-6-14)15(12-16)13-17-22(26)29-21(24-17)19-7-4-10-27-19/h1-10,12-13H,11H2/b17-13+. The summed E-state index contributed by atoms with van der Waals surface area (Å²) < 4.78 is 16.6. The van der Waals surface area contributed by atoms with Crippen LogP contribution in [0.1, 0.15) is 16.9 Å². The number of halogens is 1. The third-order valence-corrected chi connectivity index (χ3v) is 4.52. The molecule has 7 heteroatoms. The van der Waals surface area contributed by atoms with Crippen LogP contribution in [0.2, 0.25) is 0 Å². The lowest BCUT2D eigenvalue weighted by Crippen LogP contribution is -2.12. The lowest BCUT2D eigenvalue weighted by Gasteiger charge is -2.08. The molecule has 0 radical (unpaired) electrons. The summed E-state index contributed by atoms with van der Waals surface area (Å²) in [5.41, 5.74) is 1.44. The van der Waals surface area contributed by atoms with Crippen molar-refractivity contribution in [2.75, 3.05) is 0 Å². The first-order chi connectivity index (χ1) is 14.1. The summed E-state index contributed by atoms with van der Waals surface area (Å²) in [6.45, 7) is 0. The maximum atomic E-state index is 12.3. The SMILES string of the molecule is O=C(Cc1ccccc1)Oc1ccc(Br)cc1/C=C1/N=C(c2ccco2)OC1=O. The summed E-state index contributed by atoms with van der Waals surface area (Å²) in [4.78, 5) is 28.7. The second-order valence-corrected chi connectivity index (χ2v) is 7.05. The molecule has 6 nitrogen and oxygen atoms in total. The molecule has 0 saturated heterocycles. The number of aliphatic imine (C=N–C) groups is 1. The first-order valence-corrected chi connectivity index (χ1v) is 9.48. The molecule has 4 rings (SSSR count). The summed E-state index contributed by atoms with van der Waals surface area (Å²) in [6.07, 6.45) is 3.11. The predicted octanol–water partition coefficient (Wildman–Crippen LogP) is 4.53. The minimum absolute atomic E-state index is 0.0786. The molecule has 0 fully saturated rings. The molecule has 144 valence electrons. The molecule has 0 bridgehead atoms. The van der Waals surface area contributed by atoms with Crippen molar-refractivity contribution in [3.63, 3.8) is 0 Å². The molecule has 0 N–H and O–H groups in total. The number of hydrogen-bond donors (Lipinski definition) is 0. The van der Waals surface area contributed by atoms with Gasteiger partial charge in [0.05, 0.1) is 12.7 Å². The fourth-order valence-corrected chi connectivity index (χ4v) is 3.09. The zero-order valence-electron chi connectivity index (χ0n) is 15.0. The van der Waals surface area contributed by atoms with Crippen LogP contribution in [-0.4, -0.2) is 17.8 Å². The van der Waals surface area contributed by atoms with Crippen molar-refractivity contribution in [2.24, 2.45) is 4.99 Å². The molecular weight excluding hydrogens is 438 g/mol. The van der Waals surface area contributed by atoms with E-state index in [-0.39, 0.29) is 18.0 Å². The lowest BCUT2D eigenvalue weighted by atomic mass is 10.1. The van der Waals surface area contributed by atoms with E-state index in [4.69, 9.17) is 13.9 Å². The number of carbonyl (C=O) groups excluding carboxylic acids is 2. The Morgan fingerprint density at radius 1 is 1.10 bits per heavy atom. The Bertz CT molecular complexity index is 1120. The van der Waals surface area contributed by atoms with Crippen molar-refractivity contribution in [3.8, 4) is 5.75 Å². The Balaban J connectivity index is 1.59. The molecule has 2 heterocycles. The first-order valence-electron chi connectivity index (χ1n) is 8.69. The second kappa shape index (κ2) is 8.28. The zero-order valence-corrected chi connectivity index (χ0v) is 16.6. The highest BCUT2D eigenvalue weighted by Crippen LogP contribution is 2.28. The number of rotatable bonds is 5. The quantitative estimate of drug-likeness (QED) is 0.323. The predicted molar refractivity (Wildman–Crippen MR) is 109 cm³/mol. The zero-order chi connectivity index (χ0) is 20.2. The van der Waals surface area contributed by atoms with Crippen LogP contribution >= 0.6 is 15.9 Å². The largest absolute Gasteiger partial charge is 0.459 e. The fraction of sp³-hybridized carbons (Fsp3) is 0.0455. The van der Waals surface area contributed by atoms with E-state index in [0.717, 1.165) is 10.0 Å². The van der Waals surface area contributed by atoms with Crippen LogP contribution in [0.25, 0.3) is 6.08 Å². The number of benzene rings is 2. The summed E-state index contributed by atoms with van der Waals surface area (Å²) in [5.74, 6) is -0.268. The molecule has 0 atom stereocenters. The fourth-order valence-electron chi connectivity index (χ4n) is 2.71. The van der Waals surface area contributed by atoms with E-state index in [2.05, 4.69) is 20.9 Å². The van der Waals surface area contributed by atoms with Gasteiger partial charge in [0.25, 0.3) is 5.90 Å². The molecule has 1 aliphatic rings. The molecule has 1 aromatic heterocycles. The van der Waals surface area contributed by atoms with Gasteiger partial charge in [-0.2, -0.15) is 0 Å². The van der Waals surface area contributed by atoms with Crippen molar-refractivity contribution < 1.29 is 23.5 Å². The maximum Gasteiger partial charge on any atom is 0.363 e. The van der Waals surface area contributed by atoms with Crippen LogP contribution in [0.15, 0.2) is 86.5 Å². The van der Waals surface area contributed by atoms with Gasteiger partial charge < -0.3 is 13.9 Å². The number of carbonyl (C=O) groups is 2. The van der Waals surface area contributed by atoms with Crippen molar-refractivity contribution in [1.82, 2.24) is 0 Å². The number of cyclic esters (lactones) is 1. The minimum atomic E-state index is -0.613. The summed E-state index contributed by atoms with van der Waals surface area (Å²) in [7, 11) is 0. The molecule has 0 unspecified atom stereocenters. The molecule has 0 saturated carbocycles. The van der Waals surface area contributed by atoms with Gasteiger partial charge in [-0.3, -0.25) is 4.79 Å². The number of furan rings is 1. The molecule has 0 spiro atoms. The van der Waals surface area contributed by atoms with E-state index in [9.17, 15) is 9.59 Å². The molecular formula is C22H14BrNO5. The molecule has 3 aromatic rings. The number of ether oxygens (including phenoxy) is 2. The smallest absolute Gasteiger partial charge is 0.363 e. The van der Waals surface area contributed by atoms with Gasteiger partial charge in [-0.05, 0) is 42.0 Å². The van der Waals surface area contributed by atoms with Crippen LogP contribution in [0, 0.1) is 0 Å². The summed E-state index contributed by atoms with van der Waals surface area (Å²) in [6, 6.07) is 17.7. The maximum absolute atomic E-state index is 12.3. The Kier molecular flexibility index (Phi) is 5.39. The van der Waals surface area contributed by atoms with Crippen LogP contribution in [-0.2, 0) is 20.7 Å². The van der Waals surface area contributed by atoms with Crippen molar-refractivity contribution in [2.45, 2.75) is 6.42 Å². The van der Waals surface area contributed by atoms with Gasteiger partial charge in [0.1, 0.15) is 5.75 Å². The van der Waals surface area contributed by atoms with E-state index in [0.29, 0.717) is 17.1 Å². The summed E-state index contributed by atoms with van der Waals surface area (Å²) >= 11 is 3.39. The Morgan fingerprint density at radius 3 is 2.69 bits per heavy atom. The van der Waals surface area contributed by atoms with Gasteiger partial charge in [-0.15, -0.1) is 0 Å². The van der Waals surface area contributed by atoms with Gasteiger partial charge >= 0.3 is 11.9 Å². The minimum Gasteiger partial charge on any atom is -0.459 e. The van der Waals surface area contributed by atoms with Crippen molar-refractivity contribution >= 4 is 39.8 Å². The highest BCUT2D eigenvalue weighted by Gasteiger charge is 2.26. The van der Waals surface area contributed by atoms with Crippen LogP contribution in [0.3, 0.4) is 0 Å². The van der Waals surface area contributed by atoms with Crippen LogP contribution in [0.5, 0.6) is 5.75 Å². The number of hydrogen-bond acceptors (Lipinski definition) is 6. The van der Waals surface area contributed by atoms with Gasteiger partial charge in [0.2, 0.25) is 0 Å². The van der Waals surface area contributed by atoms with Crippen LogP contribution in [0.4, 0.5) is 0 Å². The monoisotopic (exact) mass is 451 g/mol. The van der Waals surface area contributed by atoms with E-state index < -0.39 is 11.9 Å². The molecule has 0 aliphatic carbocycles. The lowest BCUT2D eigenvalue weighted by molar-refractivity contribution is -0.133. The Morgan fingerprint density at radius 2 is 1.93 bits per heavy atom. The second-order valence-electron chi connectivity index (χ2n) is 6.13. The van der Waals surface area contributed by atoms with E-state index in [1.165, 1.54) is 12.3 Å². The highest BCUT2D eigenvalue weighted by molar-refractivity contribution is 9.10. The van der Waals surface area contributed by atoms with Gasteiger partial charge in [0, 0.05) is 10.0 Å². The number of nitrogens with zero attached hydrogens (tertiary/aromatic N) is 1. The van der Waals surface area contributed by atoms with E-state index in [1.54, 1.807) is 30.3 Å². The van der Waals surface area contributed by atoms with Gasteiger partial charge in [0.15, 0.2) is 11.5 Å². The van der Waals surface area contributed by atoms with E-state index >= 15 is 0 Å². The average Bonchev–Trinajstić information content (AvgIpc) is 3.35. The van der Waals surface area contributed by atoms with Gasteiger partial charge in [-0.25, -0.2) is 9.79 Å². The number of esters is 2. The Labute approximate surface area is 174 Å². The molecule has 2 aromatic carbocycles.